The third-order valence-corrected chi connectivity index (χ3v) is 3.85. The molecule has 2 N–H and O–H groups in total. The molecule has 3 rings (SSSR count). The van der Waals surface area contributed by atoms with Crippen LogP contribution in [0.25, 0.3) is 11.3 Å². The van der Waals surface area contributed by atoms with Gasteiger partial charge in [0.05, 0.1) is 15.7 Å². The molecule has 1 aliphatic rings. The van der Waals surface area contributed by atoms with E-state index in [0.717, 1.165) is 0 Å². The van der Waals surface area contributed by atoms with Crippen LogP contribution in [0.5, 0.6) is 11.5 Å². The summed E-state index contributed by atoms with van der Waals surface area (Å²) in [7, 11) is 0. The Morgan fingerprint density at radius 1 is 1.32 bits per heavy atom. The molecule has 1 aliphatic heterocycles. The number of hydrogen-bond donors (Lipinski definition) is 1. The molecule has 8 heteroatoms. The van der Waals surface area contributed by atoms with Crippen molar-refractivity contribution in [3.63, 3.8) is 0 Å². The number of benzene rings is 1. The Bertz CT molecular complexity index is 811. The number of ketones is 1. The lowest BCUT2D eigenvalue weighted by atomic mass is 10.1. The summed E-state index contributed by atoms with van der Waals surface area (Å²) >= 11 is 11.9. The fourth-order valence-corrected chi connectivity index (χ4v) is 2.59. The summed E-state index contributed by atoms with van der Waals surface area (Å²) in [6, 6.07) is 3.03. The van der Waals surface area contributed by atoms with Gasteiger partial charge in [0.2, 0.25) is 6.79 Å². The molecule has 0 amide bonds. The molecule has 2 aromatic rings. The van der Waals surface area contributed by atoms with E-state index < -0.39 is 11.6 Å². The van der Waals surface area contributed by atoms with E-state index >= 15 is 0 Å². The number of aromatic nitrogens is 1. The van der Waals surface area contributed by atoms with Gasteiger partial charge in [-0.3, -0.25) is 4.79 Å². The van der Waals surface area contributed by atoms with Gasteiger partial charge in [0, 0.05) is 12.5 Å². The van der Waals surface area contributed by atoms with Crippen molar-refractivity contribution in [3.8, 4) is 22.8 Å². The van der Waals surface area contributed by atoms with Gasteiger partial charge in [-0.1, -0.05) is 23.2 Å². The van der Waals surface area contributed by atoms with Crippen molar-refractivity contribution in [3.05, 3.63) is 33.7 Å². The van der Waals surface area contributed by atoms with Crippen LogP contribution in [0.3, 0.4) is 0 Å². The molecular formula is C14H9Cl2FN2O3. The first kappa shape index (κ1) is 14.9. The average molecular weight is 343 g/mol. The molecule has 1 aromatic carbocycles. The van der Waals surface area contributed by atoms with Crippen molar-refractivity contribution >= 4 is 34.7 Å². The van der Waals surface area contributed by atoms with Gasteiger partial charge in [-0.25, -0.2) is 9.37 Å². The van der Waals surface area contributed by atoms with Gasteiger partial charge in [0.25, 0.3) is 0 Å². The predicted molar refractivity (Wildman–Crippen MR) is 80.2 cm³/mol. The van der Waals surface area contributed by atoms with E-state index in [1.54, 1.807) is 0 Å². The Labute approximate surface area is 134 Å². The maximum absolute atomic E-state index is 14.4. The van der Waals surface area contributed by atoms with E-state index in [-0.39, 0.29) is 40.2 Å². The third kappa shape index (κ3) is 2.15. The van der Waals surface area contributed by atoms with Crippen LogP contribution in [0.15, 0.2) is 12.1 Å². The fourth-order valence-electron chi connectivity index (χ4n) is 2.12. The second kappa shape index (κ2) is 5.30. The van der Waals surface area contributed by atoms with E-state index in [1.165, 1.54) is 19.1 Å². The molecule has 22 heavy (non-hydrogen) atoms. The standard InChI is InChI=1S/C14H9Cl2FN2O3/c1-5(20)11-8(16)10(18)9(17)12(19-11)6-2-3-7(15)14-13(6)21-4-22-14/h2-3H,4H2,1H3,(H2,18,19). The number of halogens is 3. The van der Waals surface area contributed by atoms with Gasteiger partial charge < -0.3 is 15.2 Å². The summed E-state index contributed by atoms with van der Waals surface area (Å²) in [4.78, 5) is 15.6. The Morgan fingerprint density at radius 2 is 2.00 bits per heavy atom. The fraction of sp³-hybridized carbons (Fsp3) is 0.143. The zero-order valence-corrected chi connectivity index (χ0v) is 12.8. The second-order valence-electron chi connectivity index (χ2n) is 4.57. The summed E-state index contributed by atoms with van der Waals surface area (Å²) in [5, 5.41) is 0.113. The minimum Gasteiger partial charge on any atom is -0.453 e. The number of carbonyl (C=O) groups excluding carboxylic acids is 1. The highest BCUT2D eigenvalue weighted by Crippen LogP contribution is 2.46. The molecule has 0 saturated heterocycles. The van der Waals surface area contributed by atoms with Crippen molar-refractivity contribution < 1.29 is 18.7 Å². The van der Waals surface area contributed by atoms with Gasteiger partial charge >= 0.3 is 0 Å². The van der Waals surface area contributed by atoms with Crippen molar-refractivity contribution in [2.24, 2.45) is 0 Å². The zero-order valence-electron chi connectivity index (χ0n) is 11.2. The van der Waals surface area contributed by atoms with Crippen molar-refractivity contribution in [1.29, 1.82) is 0 Å². The molecule has 0 fully saturated rings. The Hall–Kier alpha value is -2.05. The lowest BCUT2D eigenvalue weighted by Crippen LogP contribution is -2.07. The number of ether oxygens (including phenoxy) is 2. The molecule has 2 heterocycles. The van der Waals surface area contributed by atoms with Gasteiger partial charge in [-0.05, 0) is 12.1 Å². The first-order valence-corrected chi connectivity index (χ1v) is 6.91. The summed E-state index contributed by atoms with van der Waals surface area (Å²) in [6.07, 6.45) is 0. The van der Waals surface area contributed by atoms with Crippen LogP contribution < -0.4 is 15.2 Å². The maximum atomic E-state index is 14.4. The summed E-state index contributed by atoms with van der Waals surface area (Å²) < 4.78 is 25.0. The highest BCUT2D eigenvalue weighted by atomic mass is 35.5. The quantitative estimate of drug-likeness (QED) is 0.842. The number of pyridine rings is 1. The van der Waals surface area contributed by atoms with Gasteiger partial charge in [0.1, 0.15) is 11.4 Å². The smallest absolute Gasteiger partial charge is 0.231 e. The number of nitrogens with two attached hydrogens (primary N) is 1. The van der Waals surface area contributed by atoms with Crippen LogP contribution >= 0.6 is 23.2 Å². The number of nitrogen functional groups attached to an aromatic ring is 1. The van der Waals surface area contributed by atoms with Crippen LogP contribution in [0.4, 0.5) is 10.1 Å². The van der Waals surface area contributed by atoms with E-state index in [1.807, 2.05) is 0 Å². The molecule has 0 atom stereocenters. The number of anilines is 1. The maximum Gasteiger partial charge on any atom is 0.231 e. The summed E-state index contributed by atoms with van der Waals surface area (Å²) in [5.74, 6) is -0.732. The molecule has 0 unspecified atom stereocenters. The Morgan fingerprint density at radius 3 is 2.68 bits per heavy atom. The van der Waals surface area contributed by atoms with Crippen molar-refractivity contribution in [1.82, 2.24) is 4.98 Å². The summed E-state index contributed by atoms with van der Waals surface area (Å²) in [5.41, 5.74) is 5.31. The van der Waals surface area contributed by atoms with Crippen LogP contribution in [-0.4, -0.2) is 17.6 Å². The Kier molecular flexibility index (Phi) is 3.58. The molecule has 114 valence electrons. The van der Waals surface area contributed by atoms with Crippen molar-refractivity contribution in [2.45, 2.75) is 6.92 Å². The minimum absolute atomic E-state index is 0.0453. The first-order valence-electron chi connectivity index (χ1n) is 6.15. The molecule has 5 nitrogen and oxygen atoms in total. The SMILES string of the molecule is CC(=O)c1nc(-c2ccc(Cl)c3c2OCO3)c(F)c(N)c1Cl. The average Bonchev–Trinajstić information content (AvgIpc) is 2.96. The van der Waals surface area contributed by atoms with E-state index in [2.05, 4.69) is 4.98 Å². The van der Waals surface area contributed by atoms with Gasteiger partial charge in [-0.2, -0.15) is 0 Å². The van der Waals surface area contributed by atoms with Crippen molar-refractivity contribution in [2.75, 3.05) is 12.5 Å². The van der Waals surface area contributed by atoms with Gasteiger partial charge in [-0.15, -0.1) is 0 Å². The molecule has 0 aliphatic carbocycles. The molecule has 1 aromatic heterocycles. The van der Waals surface area contributed by atoms with Crippen LogP contribution in [0.2, 0.25) is 10.0 Å². The number of Topliss-reactive ketones (excluding diaryl/α,β-unsaturated/α-hetero) is 1. The minimum atomic E-state index is -0.838. The largest absolute Gasteiger partial charge is 0.453 e. The normalized spacial score (nSPS) is 12.5. The molecule has 0 bridgehead atoms. The number of carbonyl (C=O) groups is 1. The van der Waals surface area contributed by atoms with Crippen LogP contribution in [-0.2, 0) is 0 Å². The monoisotopic (exact) mass is 342 g/mol. The number of nitrogens with zero attached hydrogens (tertiary/aromatic N) is 1. The topological polar surface area (TPSA) is 74.4 Å². The Balaban J connectivity index is 2.30. The predicted octanol–water partition coefficient (Wildman–Crippen LogP) is 3.71. The van der Waals surface area contributed by atoms with E-state index in [4.69, 9.17) is 38.4 Å². The summed E-state index contributed by atoms with van der Waals surface area (Å²) in [6.45, 7) is 1.22. The van der Waals surface area contributed by atoms with Crippen LogP contribution in [0, 0.1) is 5.82 Å². The van der Waals surface area contributed by atoms with Gasteiger partial charge in [0.15, 0.2) is 23.1 Å². The highest BCUT2D eigenvalue weighted by Gasteiger charge is 2.27. The third-order valence-electron chi connectivity index (χ3n) is 3.17. The number of hydrogen-bond acceptors (Lipinski definition) is 5. The van der Waals surface area contributed by atoms with Crippen LogP contribution in [0.1, 0.15) is 17.4 Å². The second-order valence-corrected chi connectivity index (χ2v) is 5.35. The number of fused-ring (bicyclic) bond motifs is 1. The van der Waals surface area contributed by atoms with E-state index in [0.29, 0.717) is 10.8 Å². The number of rotatable bonds is 2. The molecular weight excluding hydrogens is 334 g/mol. The molecule has 0 radical (unpaired) electrons. The lowest BCUT2D eigenvalue weighted by molar-refractivity contribution is 0.101. The zero-order chi connectivity index (χ0) is 16.0. The molecule has 0 spiro atoms. The highest BCUT2D eigenvalue weighted by molar-refractivity contribution is 6.36. The first-order chi connectivity index (χ1) is 10.4. The van der Waals surface area contributed by atoms with E-state index in [9.17, 15) is 9.18 Å². The molecule has 0 saturated carbocycles. The lowest BCUT2D eigenvalue weighted by Gasteiger charge is -2.12.